The largest absolute Gasteiger partial charge is 1.00 e. The maximum absolute atomic E-state index is 10.4. The molecule has 2 aromatic carbocycles. The lowest BCUT2D eigenvalue weighted by molar-refractivity contribution is -0.00000621. The zero-order valence-corrected chi connectivity index (χ0v) is 14.0. The Morgan fingerprint density at radius 1 is 1.13 bits per heavy atom. The van der Waals surface area contributed by atoms with Gasteiger partial charge in [-0.3, -0.25) is 4.90 Å². The summed E-state index contributed by atoms with van der Waals surface area (Å²) in [6, 6.07) is 10.3. The summed E-state index contributed by atoms with van der Waals surface area (Å²) in [6.45, 7) is 4.44. The van der Waals surface area contributed by atoms with Crippen LogP contribution in [0.15, 0.2) is 30.3 Å². The van der Waals surface area contributed by atoms with Crippen LogP contribution in [-0.4, -0.2) is 28.2 Å². The fourth-order valence-corrected chi connectivity index (χ4v) is 4.13. The van der Waals surface area contributed by atoms with Gasteiger partial charge in [0.1, 0.15) is 0 Å². The first-order valence-electron chi connectivity index (χ1n) is 8.10. The molecule has 0 bridgehead atoms. The van der Waals surface area contributed by atoms with Gasteiger partial charge in [0.15, 0.2) is 11.5 Å². The summed E-state index contributed by atoms with van der Waals surface area (Å²) in [5, 5.41) is 20.2. The number of benzene rings is 2. The van der Waals surface area contributed by atoms with Gasteiger partial charge in [-0.2, -0.15) is 0 Å². The fourth-order valence-electron chi connectivity index (χ4n) is 4.13. The SMILES string of the molecule is CCCN1CCc2cccc3c2[C@H]1Cc1ccc(O)c(O)c1-3.[Cl-]. The van der Waals surface area contributed by atoms with Crippen LogP contribution in [0.2, 0.25) is 0 Å². The van der Waals surface area contributed by atoms with Crippen LogP contribution in [0.25, 0.3) is 11.1 Å². The molecule has 0 fully saturated rings. The monoisotopic (exact) mass is 330 g/mol. The van der Waals surface area contributed by atoms with E-state index in [1.807, 2.05) is 6.07 Å². The average molecular weight is 331 g/mol. The van der Waals surface area contributed by atoms with Crippen LogP contribution >= 0.6 is 0 Å². The standard InChI is InChI=1S/C19H21NO2.ClH/c1-2-9-20-10-8-12-4-3-5-14-17(12)15(20)11-13-6-7-16(21)19(22)18(13)14;/h3-7,15,21-22H,2,8-11H2,1H3;1H/p-1/t15-;/m1./s1. The van der Waals surface area contributed by atoms with Gasteiger partial charge in [0.05, 0.1) is 0 Å². The number of aromatic hydroxyl groups is 2. The van der Waals surface area contributed by atoms with E-state index >= 15 is 0 Å². The Kier molecular flexibility index (Phi) is 4.26. The van der Waals surface area contributed by atoms with Crippen LogP contribution in [0, 0.1) is 0 Å². The first-order chi connectivity index (χ1) is 10.7. The molecule has 0 saturated heterocycles. The van der Waals surface area contributed by atoms with Crippen molar-refractivity contribution < 1.29 is 22.6 Å². The number of phenolic OH excluding ortho intramolecular Hbond substituents is 2. The molecule has 1 aliphatic carbocycles. The number of nitrogens with zero attached hydrogens (tertiary/aromatic N) is 1. The van der Waals surface area contributed by atoms with E-state index in [-0.39, 0.29) is 23.9 Å². The van der Waals surface area contributed by atoms with Gasteiger partial charge in [-0.15, -0.1) is 0 Å². The quantitative estimate of drug-likeness (QED) is 0.794. The fraction of sp³-hybridized carbons (Fsp3) is 0.368. The summed E-state index contributed by atoms with van der Waals surface area (Å²) in [5.41, 5.74) is 5.80. The normalized spacial score (nSPS) is 18.7. The van der Waals surface area contributed by atoms with E-state index in [1.54, 1.807) is 6.07 Å². The van der Waals surface area contributed by atoms with E-state index in [0.717, 1.165) is 49.0 Å². The molecule has 1 aliphatic heterocycles. The van der Waals surface area contributed by atoms with Crippen LogP contribution in [0.3, 0.4) is 0 Å². The van der Waals surface area contributed by atoms with Crippen molar-refractivity contribution in [2.24, 2.45) is 0 Å². The molecule has 0 saturated carbocycles. The molecule has 0 amide bonds. The summed E-state index contributed by atoms with van der Waals surface area (Å²) >= 11 is 0. The molecule has 1 heterocycles. The van der Waals surface area contributed by atoms with Gasteiger partial charge in [-0.25, -0.2) is 0 Å². The van der Waals surface area contributed by atoms with E-state index in [9.17, 15) is 10.2 Å². The van der Waals surface area contributed by atoms with Crippen molar-refractivity contribution in [2.45, 2.75) is 32.2 Å². The van der Waals surface area contributed by atoms with Crippen molar-refractivity contribution in [3.05, 3.63) is 47.0 Å². The highest BCUT2D eigenvalue weighted by atomic mass is 35.5. The molecule has 2 aromatic rings. The molecule has 122 valence electrons. The molecule has 0 spiro atoms. The zero-order chi connectivity index (χ0) is 15.3. The van der Waals surface area contributed by atoms with Crippen LogP contribution in [0.5, 0.6) is 11.5 Å². The van der Waals surface area contributed by atoms with Gasteiger partial charge in [0, 0.05) is 18.2 Å². The lowest BCUT2D eigenvalue weighted by atomic mass is 9.76. The predicted octanol–water partition coefficient (Wildman–Crippen LogP) is 0.634. The molecule has 3 nitrogen and oxygen atoms in total. The second-order valence-electron chi connectivity index (χ2n) is 6.35. The Morgan fingerprint density at radius 3 is 2.74 bits per heavy atom. The number of halogens is 1. The van der Waals surface area contributed by atoms with Gasteiger partial charge in [-0.1, -0.05) is 31.2 Å². The Balaban J connectivity index is 0.00000156. The second-order valence-corrected chi connectivity index (χ2v) is 6.35. The maximum atomic E-state index is 10.4. The summed E-state index contributed by atoms with van der Waals surface area (Å²) in [7, 11) is 0. The lowest BCUT2D eigenvalue weighted by Crippen LogP contribution is -3.00. The minimum absolute atomic E-state index is 0. The molecule has 4 rings (SSSR count). The van der Waals surface area contributed by atoms with Crippen LogP contribution in [0.1, 0.15) is 36.1 Å². The minimum Gasteiger partial charge on any atom is -1.00 e. The number of rotatable bonds is 2. The highest BCUT2D eigenvalue weighted by molar-refractivity contribution is 5.82. The van der Waals surface area contributed by atoms with E-state index in [0.29, 0.717) is 6.04 Å². The topological polar surface area (TPSA) is 43.7 Å². The van der Waals surface area contributed by atoms with E-state index in [1.165, 1.54) is 11.1 Å². The summed E-state index contributed by atoms with van der Waals surface area (Å²) in [4.78, 5) is 2.57. The summed E-state index contributed by atoms with van der Waals surface area (Å²) in [6.07, 6.45) is 3.13. The van der Waals surface area contributed by atoms with Crippen molar-refractivity contribution in [1.29, 1.82) is 0 Å². The molecule has 0 unspecified atom stereocenters. The highest BCUT2D eigenvalue weighted by Gasteiger charge is 2.35. The zero-order valence-electron chi connectivity index (χ0n) is 13.2. The molecule has 0 aromatic heterocycles. The Bertz CT molecular complexity index is 744. The number of hydrogen-bond donors (Lipinski definition) is 2. The summed E-state index contributed by atoms with van der Waals surface area (Å²) < 4.78 is 0. The van der Waals surface area contributed by atoms with Crippen LogP contribution in [0.4, 0.5) is 0 Å². The molecule has 1 atom stereocenters. The van der Waals surface area contributed by atoms with E-state index in [2.05, 4.69) is 30.0 Å². The van der Waals surface area contributed by atoms with Crippen LogP contribution < -0.4 is 12.4 Å². The number of hydrogen-bond acceptors (Lipinski definition) is 3. The average Bonchev–Trinajstić information content (AvgIpc) is 2.53. The van der Waals surface area contributed by atoms with E-state index in [4.69, 9.17) is 0 Å². The van der Waals surface area contributed by atoms with Crippen LogP contribution in [-0.2, 0) is 12.8 Å². The van der Waals surface area contributed by atoms with Crippen molar-refractivity contribution in [3.8, 4) is 22.6 Å². The summed E-state index contributed by atoms with van der Waals surface area (Å²) in [5.74, 6) is -0.00649. The molecular formula is C19H21ClNO2-. The number of fused-ring (bicyclic) bond motifs is 2. The highest BCUT2D eigenvalue weighted by Crippen LogP contribution is 2.50. The first-order valence-corrected chi connectivity index (χ1v) is 8.10. The second kappa shape index (κ2) is 6.06. The van der Waals surface area contributed by atoms with Gasteiger partial charge >= 0.3 is 0 Å². The molecular weight excluding hydrogens is 310 g/mol. The molecule has 23 heavy (non-hydrogen) atoms. The molecule has 2 N–H and O–H groups in total. The molecule has 2 aliphatic rings. The number of phenols is 2. The third kappa shape index (κ3) is 2.39. The third-order valence-corrected chi connectivity index (χ3v) is 5.08. The Labute approximate surface area is 143 Å². The van der Waals surface area contributed by atoms with Crippen molar-refractivity contribution in [3.63, 3.8) is 0 Å². The Morgan fingerprint density at radius 2 is 1.96 bits per heavy atom. The third-order valence-electron chi connectivity index (χ3n) is 5.08. The Hall–Kier alpha value is -1.71. The first kappa shape index (κ1) is 16.2. The molecule has 0 radical (unpaired) electrons. The smallest absolute Gasteiger partial charge is 0.165 e. The maximum Gasteiger partial charge on any atom is 0.165 e. The lowest BCUT2D eigenvalue weighted by Gasteiger charge is -2.41. The van der Waals surface area contributed by atoms with Gasteiger partial charge < -0.3 is 22.6 Å². The predicted molar refractivity (Wildman–Crippen MR) is 87.2 cm³/mol. The van der Waals surface area contributed by atoms with Crippen molar-refractivity contribution >= 4 is 0 Å². The van der Waals surface area contributed by atoms with Crippen molar-refractivity contribution in [1.82, 2.24) is 4.90 Å². The van der Waals surface area contributed by atoms with Gasteiger partial charge in [0.25, 0.3) is 0 Å². The minimum atomic E-state index is -0.0315. The van der Waals surface area contributed by atoms with E-state index < -0.39 is 0 Å². The molecule has 4 heteroatoms. The van der Waals surface area contributed by atoms with Gasteiger partial charge in [0.2, 0.25) is 0 Å². The van der Waals surface area contributed by atoms with Crippen molar-refractivity contribution in [2.75, 3.05) is 13.1 Å². The van der Waals surface area contributed by atoms with Gasteiger partial charge in [-0.05, 0) is 54.1 Å².